The maximum atomic E-state index is 6.36. The third kappa shape index (κ3) is 7.29. The van der Waals surface area contributed by atoms with Crippen molar-refractivity contribution in [1.82, 2.24) is 24.7 Å². The molecule has 9 nitrogen and oxygen atoms in total. The molecule has 0 unspecified atom stereocenters. The molecule has 1 N–H and O–H groups in total. The van der Waals surface area contributed by atoms with E-state index in [4.69, 9.17) is 9.68 Å². The van der Waals surface area contributed by atoms with Gasteiger partial charge in [-0.05, 0) is 108 Å². The molecule has 278 valence electrons. The third-order valence-electron chi connectivity index (χ3n) is 10.8. The van der Waals surface area contributed by atoms with E-state index in [-0.39, 0.29) is 0 Å². The zero-order chi connectivity index (χ0) is 37.8. The summed E-state index contributed by atoms with van der Waals surface area (Å²) in [5, 5.41) is 0. The number of hydrogen-bond donors (Lipinski definition) is 1. The predicted molar refractivity (Wildman–Crippen MR) is 220 cm³/mol. The molecular weight excluding hydrogens is 695 g/mol. The largest absolute Gasteiger partial charge is 0.373 e. The second-order valence-electron chi connectivity index (χ2n) is 14.7. The molecule has 4 heterocycles. The Labute approximate surface area is 327 Å². The van der Waals surface area contributed by atoms with E-state index in [1.54, 1.807) is 0 Å². The van der Waals surface area contributed by atoms with Gasteiger partial charge in [0.05, 0.1) is 23.8 Å². The fourth-order valence-electron chi connectivity index (χ4n) is 8.09. The molecule has 0 fully saturated rings. The third-order valence-corrected chi connectivity index (χ3v) is 10.8. The van der Waals surface area contributed by atoms with E-state index >= 15 is 0 Å². The van der Waals surface area contributed by atoms with Crippen LogP contribution in [-0.2, 0) is 25.9 Å². The molecule has 2 aromatic heterocycles. The first-order chi connectivity index (χ1) is 27.6. The lowest BCUT2D eigenvalue weighted by Gasteiger charge is -2.18. The number of benzene rings is 5. The summed E-state index contributed by atoms with van der Waals surface area (Å²) in [6.07, 6.45) is 19.8. The van der Waals surface area contributed by atoms with Crippen molar-refractivity contribution in [2.45, 2.75) is 52.6 Å². The molecule has 0 amide bonds. The van der Waals surface area contributed by atoms with Crippen molar-refractivity contribution in [2.24, 2.45) is 0 Å². The Bertz CT molecular complexity index is 2390. The van der Waals surface area contributed by atoms with Gasteiger partial charge in [-0.2, -0.15) is 0 Å². The van der Waals surface area contributed by atoms with E-state index in [2.05, 4.69) is 157 Å². The van der Waals surface area contributed by atoms with E-state index in [1.165, 1.54) is 22.3 Å². The average Bonchev–Trinajstić information content (AvgIpc) is 4.00. The van der Waals surface area contributed by atoms with E-state index < -0.39 is 0 Å². The summed E-state index contributed by atoms with van der Waals surface area (Å²) >= 11 is 0. The lowest BCUT2D eigenvalue weighted by molar-refractivity contribution is -0.614. The molecule has 9 rings (SSSR count). The Kier molecular flexibility index (Phi) is 9.82. The van der Waals surface area contributed by atoms with Crippen molar-refractivity contribution >= 4 is 23.8 Å². The molecule has 0 saturated carbocycles. The zero-order valence-electron chi connectivity index (χ0n) is 31.8. The highest BCUT2D eigenvalue weighted by Crippen LogP contribution is 2.38. The molecule has 2 aliphatic heterocycles. The van der Waals surface area contributed by atoms with Gasteiger partial charge in [0, 0.05) is 55.7 Å². The Balaban J connectivity index is 1.08. The quantitative estimate of drug-likeness (QED) is 0.142. The van der Waals surface area contributed by atoms with Gasteiger partial charge in [0.15, 0.2) is 23.9 Å². The monoisotopic (exact) mass is 739 g/mol. The van der Waals surface area contributed by atoms with Crippen molar-refractivity contribution in [2.75, 3.05) is 6.67 Å². The summed E-state index contributed by atoms with van der Waals surface area (Å²) in [5.74, 6) is 1.43. The normalized spacial score (nSPS) is 13.2. The number of rotatable bonds is 10. The predicted octanol–water partition coefficient (Wildman–Crippen LogP) is 8.98. The van der Waals surface area contributed by atoms with E-state index in [1.807, 2.05) is 37.4 Å². The Hall–Kier alpha value is -6.58. The first-order valence-electron chi connectivity index (χ1n) is 19.4. The minimum Gasteiger partial charge on any atom is -0.373 e. The van der Waals surface area contributed by atoms with Crippen LogP contribution in [0.5, 0.6) is 11.5 Å². The molecule has 2 aliphatic rings. The molecule has 5 aromatic carbocycles. The molecule has 2 bridgehead atoms. The highest BCUT2D eigenvalue weighted by molar-refractivity contribution is 5.88. The van der Waals surface area contributed by atoms with Crippen LogP contribution in [0.15, 0.2) is 135 Å². The number of para-hydroxylation sites is 2. The first-order valence-corrected chi connectivity index (χ1v) is 19.4. The van der Waals surface area contributed by atoms with Crippen LogP contribution < -0.4 is 15.3 Å². The number of nitrogens with one attached hydrogen (secondary N) is 1. The second kappa shape index (κ2) is 15.6. The van der Waals surface area contributed by atoms with Crippen molar-refractivity contribution in [3.63, 3.8) is 0 Å². The molecule has 56 heavy (non-hydrogen) atoms. The Morgan fingerprint density at radius 2 is 1.07 bits per heavy atom. The Morgan fingerprint density at radius 3 is 1.54 bits per heavy atom. The first kappa shape index (κ1) is 35.1. The van der Waals surface area contributed by atoms with Crippen LogP contribution in [-0.4, -0.2) is 47.4 Å². The summed E-state index contributed by atoms with van der Waals surface area (Å²) < 4.78 is 8.88. The second-order valence-corrected chi connectivity index (χ2v) is 14.7. The van der Waals surface area contributed by atoms with Gasteiger partial charge in [-0.25, -0.2) is 9.97 Å². The lowest BCUT2D eigenvalue weighted by atomic mass is 9.93. The standard InChI is InChI=1S/C47H45N7O2/c1-34-25-38(42-15-5-3-11-36(42)13-9-21-51-23-19-48-31-51)27-40-29-53-33-54(45-18-8-7-17-44(45)53)30-41-28-39(26-35(2)47(41)56-50-55-46(34)40)43-16-6-4-12-37(43)14-10-22-52-24-20-49-32-52/h3-8,11-12,15-20,23-32,50H,9-10,13-14,21-22,33H2,1-2H3/q+2. The minimum atomic E-state index is 0.633. The van der Waals surface area contributed by atoms with Gasteiger partial charge in [0.1, 0.15) is 0 Å². The van der Waals surface area contributed by atoms with Gasteiger partial charge >= 0.3 is 6.67 Å². The van der Waals surface area contributed by atoms with Crippen LogP contribution in [0.3, 0.4) is 0 Å². The SMILES string of the molecule is Cc1cc(-c2ccccc2CCCn2ccnc2)cc2c1ONOc1c(C)cc(-c3ccccc3CCCn3ccnc3)cc1C=[N+]1C[N+](=C2)c2ccccc21. The van der Waals surface area contributed by atoms with E-state index in [9.17, 15) is 0 Å². The minimum absolute atomic E-state index is 0.633. The number of fused-ring (bicyclic) bond motifs is 7. The number of aromatic nitrogens is 4. The van der Waals surface area contributed by atoms with Crippen LogP contribution in [0.1, 0.15) is 46.2 Å². The number of hydrogen-bond acceptors (Lipinski definition) is 5. The zero-order valence-corrected chi connectivity index (χ0v) is 31.8. The molecular formula is C47H45N7O2+2. The van der Waals surface area contributed by atoms with Gasteiger partial charge < -0.3 is 18.8 Å². The van der Waals surface area contributed by atoms with Gasteiger partial charge in [-0.1, -0.05) is 60.7 Å². The van der Waals surface area contributed by atoms with Gasteiger partial charge in [-0.15, -0.1) is 9.15 Å². The van der Waals surface area contributed by atoms with Crippen LogP contribution in [0, 0.1) is 13.8 Å². The van der Waals surface area contributed by atoms with Crippen LogP contribution >= 0.6 is 0 Å². The number of imidazole rings is 2. The van der Waals surface area contributed by atoms with Crippen LogP contribution in [0.25, 0.3) is 22.3 Å². The molecule has 0 radical (unpaired) electrons. The number of aryl methyl sites for hydroxylation is 6. The molecule has 0 saturated heterocycles. The molecule has 0 spiro atoms. The maximum Gasteiger partial charge on any atom is 0.345 e. The molecule has 9 heteroatoms. The molecule has 7 aromatic rings. The Morgan fingerprint density at radius 1 is 0.607 bits per heavy atom. The van der Waals surface area contributed by atoms with Crippen molar-refractivity contribution in [1.29, 1.82) is 0 Å². The smallest absolute Gasteiger partial charge is 0.345 e. The van der Waals surface area contributed by atoms with Gasteiger partial charge in [0.2, 0.25) is 0 Å². The summed E-state index contributed by atoms with van der Waals surface area (Å²) in [4.78, 5) is 21.1. The van der Waals surface area contributed by atoms with Crippen molar-refractivity contribution in [3.05, 3.63) is 168 Å². The maximum absolute atomic E-state index is 6.36. The number of nitrogens with zero attached hydrogens (tertiary/aromatic N) is 6. The summed E-state index contributed by atoms with van der Waals surface area (Å²) in [6, 6.07) is 34.9. The van der Waals surface area contributed by atoms with E-state index in [0.717, 1.165) is 83.5 Å². The van der Waals surface area contributed by atoms with Crippen LogP contribution in [0.2, 0.25) is 0 Å². The van der Waals surface area contributed by atoms with E-state index in [0.29, 0.717) is 18.2 Å². The van der Waals surface area contributed by atoms with Crippen molar-refractivity contribution < 1.29 is 18.8 Å². The lowest BCUT2D eigenvalue weighted by Crippen LogP contribution is -2.26. The fourth-order valence-corrected chi connectivity index (χ4v) is 8.09. The molecule has 0 aliphatic carbocycles. The highest BCUT2D eigenvalue weighted by Gasteiger charge is 2.36. The summed E-state index contributed by atoms with van der Waals surface area (Å²) in [5.41, 5.74) is 16.5. The van der Waals surface area contributed by atoms with Crippen molar-refractivity contribution in [3.8, 4) is 33.8 Å². The van der Waals surface area contributed by atoms with Gasteiger partial charge in [-0.3, -0.25) is 0 Å². The summed E-state index contributed by atoms with van der Waals surface area (Å²) in [6.45, 7) is 6.69. The summed E-state index contributed by atoms with van der Waals surface area (Å²) in [7, 11) is 0. The molecule has 0 atom stereocenters. The average molecular weight is 740 g/mol. The van der Waals surface area contributed by atoms with Gasteiger partial charge in [0.25, 0.3) is 11.4 Å². The highest BCUT2D eigenvalue weighted by atomic mass is 16.9. The van der Waals surface area contributed by atoms with Crippen LogP contribution in [0.4, 0.5) is 11.4 Å². The fraction of sp³-hybridized carbons (Fsp3) is 0.191. The topological polar surface area (TPSA) is 72.2 Å².